The van der Waals surface area contributed by atoms with Gasteiger partial charge in [-0.2, -0.15) is 13.2 Å². The number of rotatable bonds is 5. The maximum Gasteiger partial charge on any atom is 0.422 e. The molecule has 0 amide bonds. The lowest BCUT2D eigenvalue weighted by Crippen LogP contribution is -2.41. The number of hydrogen-bond donors (Lipinski definition) is 2. The molecule has 1 fully saturated rings. The van der Waals surface area contributed by atoms with E-state index in [0.717, 1.165) is 18.4 Å². The monoisotopic (exact) mass is 330 g/mol. The molecule has 0 atom stereocenters. The number of hydrogen-bond acceptors (Lipinski definition) is 3. The molecular formula is C15H21F3N4O. The van der Waals surface area contributed by atoms with Crippen LogP contribution in [0, 0.1) is 0 Å². The van der Waals surface area contributed by atoms with Crippen molar-refractivity contribution < 1.29 is 17.9 Å². The number of nitrogens with zero attached hydrogens (tertiary/aromatic N) is 2. The molecule has 0 aliphatic heterocycles. The number of alkyl halides is 3. The number of nitrogens with one attached hydrogen (secondary N) is 2. The average molecular weight is 330 g/mol. The first-order valence-corrected chi connectivity index (χ1v) is 7.58. The summed E-state index contributed by atoms with van der Waals surface area (Å²) in [7, 11) is 1.70. The lowest BCUT2D eigenvalue weighted by molar-refractivity contribution is -0.154. The molecule has 0 unspecified atom stereocenters. The Bertz CT molecular complexity index is 510. The van der Waals surface area contributed by atoms with Crippen LogP contribution in [0.15, 0.2) is 23.3 Å². The average Bonchev–Trinajstić information content (AvgIpc) is 3.02. The van der Waals surface area contributed by atoms with E-state index in [4.69, 9.17) is 0 Å². The van der Waals surface area contributed by atoms with Crippen molar-refractivity contribution in [1.82, 2.24) is 15.6 Å². The number of guanidine groups is 1. The maximum atomic E-state index is 12.1. The Hall–Kier alpha value is -1.99. The third-order valence-electron chi connectivity index (χ3n) is 3.56. The summed E-state index contributed by atoms with van der Waals surface area (Å²) in [5.74, 6) is 0.675. The molecular weight excluding hydrogens is 309 g/mol. The fourth-order valence-corrected chi connectivity index (χ4v) is 2.40. The third kappa shape index (κ3) is 6.33. The Balaban J connectivity index is 1.78. The lowest BCUT2D eigenvalue weighted by Gasteiger charge is -2.16. The number of halogens is 3. The van der Waals surface area contributed by atoms with Gasteiger partial charge in [0.2, 0.25) is 5.88 Å². The van der Waals surface area contributed by atoms with Crippen molar-refractivity contribution in [2.24, 2.45) is 4.99 Å². The summed E-state index contributed by atoms with van der Waals surface area (Å²) in [4.78, 5) is 8.03. The zero-order valence-corrected chi connectivity index (χ0v) is 13.0. The molecule has 128 valence electrons. The van der Waals surface area contributed by atoms with Crippen LogP contribution >= 0.6 is 0 Å². The molecule has 8 heteroatoms. The van der Waals surface area contributed by atoms with E-state index in [0.29, 0.717) is 18.5 Å². The Kier molecular flexibility index (Phi) is 6.06. The molecule has 0 bridgehead atoms. The van der Waals surface area contributed by atoms with Gasteiger partial charge >= 0.3 is 6.18 Å². The van der Waals surface area contributed by atoms with Crippen molar-refractivity contribution in [3.63, 3.8) is 0 Å². The predicted octanol–water partition coefficient (Wildman–Crippen LogP) is 2.63. The first-order chi connectivity index (χ1) is 11.0. The van der Waals surface area contributed by atoms with Gasteiger partial charge in [0.05, 0.1) is 0 Å². The van der Waals surface area contributed by atoms with Crippen LogP contribution in [0.4, 0.5) is 13.2 Å². The van der Waals surface area contributed by atoms with Crippen LogP contribution in [0.25, 0.3) is 0 Å². The fraction of sp³-hybridized carbons (Fsp3) is 0.600. The first-order valence-electron chi connectivity index (χ1n) is 7.58. The van der Waals surface area contributed by atoms with Crippen molar-refractivity contribution in [3.05, 3.63) is 23.9 Å². The lowest BCUT2D eigenvalue weighted by atomic mass is 10.2. The normalized spacial score (nSPS) is 16.4. The van der Waals surface area contributed by atoms with Gasteiger partial charge in [-0.15, -0.1) is 0 Å². The molecule has 1 aliphatic rings. The van der Waals surface area contributed by atoms with Gasteiger partial charge in [-0.3, -0.25) is 4.99 Å². The number of pyridine rings is 1. The Morgan fingerprint density at radius 1 is 1.35 bits per heavy atom. The Morgan fingerprint density at radius 2 is 2.09 bits per heavy atom. The topological polar surface area (TPSA) is 58.5 Å². The van der Waals surface area contributed by atoms with Crippen molar-refractivity contribution in [2.45, 2.75) is 44.4 Å². The van der Waals surface area contributed by atoms with E-state index in [9.17, 15) is 13.2 Å². The van der Waals surface area contributed by atoms with Gasteiger partial charge in [-0.25, -0.2) is 4.98 Å². The van der Waals surface area contributed by atoms with Crippen molar-refractivity contribution in [2.75, 3.05) is 13.7 Å². The van der Waals surface area contributed by atoms with E-state index in [1.807, 2.05) is 0 Å². The number of aromatic nitrogens is 1. The SMILES string of the molecule is CN=C(NCc1ccc(OCC(F)(F)F)nc1)NC1CCCC1. The highest BCUT2D eigenvalue weighted by molar-refractivity contribution is 5.79. The molecule has 1 saturated carbocycles. The smallest absolute Gasteiger partial charge is 0.422 e. The van der Waals surface area contributed by atoms with Gasteiger partial charge in [0, 0.05) is 31.9 Å². The minimum Gasteiger partial charge on any atom is -0.468 e. The van der Waals surface area contributed by atoms with E-state index in [1.165, 1.54) is 25.1 Å². The van der Waals surface area contributed by atoms with Crippen LogP contribution in [-0.4, -0.2) is 36.8 Å². The molecule has 2 rings (SSSR count). The summed E-state index contributed by atoms with van der Waals surface area (Å²) >= 11 is 0. The third-order valence-corrected chi connectivity index (χ3v) is 3.56. The zero-order valence-electron chi connectivity index (χ0n) is 13.0. The molecule has 1 aromatic heterocycles. The van der Waals surface area contributed by atoms with Gasteiger partial charge < -0.3 is 15.4 Å². The fourth-order valence-electron chi connectivity index (χ4n) is 2.40. The molecule has 0 aromatic carbocycles. The highest BCUT2D eigenvalue weighted by Crippen LogP contribution is 2.18. The molecule has 1 aromatic rings. The molecule has 0 saturated heterocycles. The second-order valence-corrected chi connectivity index (χ2v) is 5.46. The van der Waals surface area contributed by atoms with Crippen LogP contribution < -0.4 is 15.4 Å². The molecule has 1 aliphatic carbocycles. The summed E-state index contributed by atoms with van der Waals surface area (Å²) in [5, 5.41) is 6.52. The summed E-state index contributed by atoms with van der Waals surface area (Å²) in [5.41, 5.74) is 0.832. The van der Waals surface area contributed by atoms with E-state index in [-0.39, 0.29) is 5.88 Å². The molecule has 0 radical (unpaired) electrons. The van der Waals surface area contributed by atoms with E-state index in [2.05, 4.69) is 25.3 Å². The first kappa shape index (κ1) is 17.4. The largest absolute Gasteiger partial charge is 0.468 e. The summed E-state index contributed by atoms with van der Waals surface area (Å²) in [6.45, 7) is -0.853. The van der Waals surface area contributed by atoms with Crippen LogP contribution in [-0.2, 0) is 6.54 Å². The number of ether oxygens (including phenoxy) is 1. The van der Waals surface area contributed by atoms with E-state index >= 15 is 0 Å². The molecule has 2 N–H and O–H groups in total. The second-order valence-electron chi connectivity index (χ2n) is 5.46. The highest BCUT2D eigenvalue weighted by Gasteiger charge is 2.28. The summed E-state index contributed by atoms with van der Waals surface area (Å²) in [6, 6.07) is 3.56. The molecule has 1 heterocycles. The maximum absolute atomic E-state index is 12.1. The molecule has 5 nitrogen and oxygen atoms in total. The van der Waals surface area contributed by atoms with E-state index in [1.54, 1.807) is 13.1 Å². The Labute approximate surface area is 133 Å². The number of aliphatic imine (C=N–C) groups is 1. The quantitative estimate of drug-likeness (QED) is 0.644. The Morgan fingerprint density at radius 3 is 2.65 bits per heavy atom. The van der Waals surface area contributed by atoms with Gasteiger partial charge in [-0.1, -0.05) is 18.9 Å². The predicted molar refractivity (Wildman–Crippen MR) is 81.4 cm³/mol. The molecule has 0 spiro atoms. The van der Waals surface area contributed by atoms with Crippen LogP contribution in [0.2, 0.25) is 0 Å². The highest BCUT2D eigenvalue weighted by atomic mass is 19.4. The summed E-state index contributed by atoms with van der Waals surface area (Å²) in [6.07, 6.45) is 1.89. The van der Waals surface area contributed by atoms with Crippen LogP contribution in [0.5, 0.6) is 5.88 Å². The van der Waals surface area contributed by atoms with Crippen molar-refractivity contribution in [3.8, 4) is 5.88 Å². The van der Waals surface area contributed by atoms with E-state index < -0.39 is 12.8 Å². The standard InChI is InChI=1S/C15H21F3N4O/c1-19-14(22-12-4-2-3-5-12)21-9-11-6-7-13(20-8-11)23-10-15(16,17)18/h6-8,12H,2-5,9-10H2,1H3,(H2,19,21,22). The van der Waals surface area contributed by atoms with Gasteiger partial charge in [0.1, 0.15) is 0 Å². The van der Waals surface area contributed by atoms with Crippen LogP contribution in [0.3, 0.4) is 0 Å². The summed E-state index contributed by atoms with van der Waals surface area (Å²) < 4.78 is 40.7. The van der Waals surface area contributed by atoms with Crippen LogP contribution in [0.1, 0.15) is 31.2 Å². The van der Waals surface area contributed by atoms with Gasteiger partial charge in [-0.05, 0) is 18.4 Å². The van der Waals surface area contributed by atoms with Gasteiger partial charge in [0.25, 0.3) is 0 Å². The minimum absolute atomic E-state index is 0.0421. The van der Waals surface area contributed by atoms with Crippen molar-refractivity contribution >= 4 is 5.96 Å². The van der Waals surface area contributed by atoms with Gasteiger partial charge in [0.15, 0.2) is 12.6 Å². The molecule has 23 heavy (non-hydrogen) atoms. The van der Waals surface area contributed by atoms with Crippen molar-refractivity contribution in [1.29, 1.82) is 0 Å². The zero-order chi connectivity index (χ0) is 16.7. The minimum atomic E-state index is -4.36. The second kappa shape index (κ2) is 8.03.